The largest absolute Gasteiger partial charge is 0.468 e. The normalized spacial score (nSPS) is 14.7. The predicted molar refractivity (Wildman–Crippen MR) is 74.3 cm³/mol. The highest BCUT2D eigenvalue weighted by molar-refractivity contribution is 5.20. The van der Waals surface area contributed by atoms with Crippen molar-refractivity contribution in [2.75, 3.05) is 0 Å². The lowest BCUT2D eigenvalue weighted by molar-refractivity contribution is 0.340. The van der Waals surface area contributed by atoms with E-state index in [0.717, 1.165) is 5.76 Å². The molecule has 0 saturated carbocycles. The molecule has 2 rings (SSSR count). The Bertz CT molecular complexity index is 447. The summed E-state index contributed by atoms with van der Waals surface area (Å²) >= 11 is 0. The Labute approximate surface area is 109 Å². The lowest BCUT2D eigenvalue weighted by Crippen LogP contribution is -2.28. The molecule has 2 nitrogen and oxygen atoms in total. The third-order valence-corrected chi connectivity index (χ3v) is 3.22. The molecule has 0 aliphatic heterocycles. The van der Waals surface area contributed by atoms with Crippen molar-refractivity contribution in [3.05, 3.63) is 60.1 Å². The van der Waals surface area contributed by atoms with Crippen LogP contribution < -0.4 is 5.32 Å². The summed E-state index contributed by atoms with van der Waals surface area (Å²) in [4.78, 5) is 0. The van der Waals surface area contributed by atoms with E-state index in [1.807, 2.05) is 12.1 Å². The predicted octanol–water partition coefficient (Wildman–Crippen LogP) is 4.33. The van der Waals surface area contributed by atoms with Crippen LogP contribution in [-0.2, 0) is 0 Å². The summed E-state index contributed by atoms with van der Waals surface area (Å²) in [6.45, 7) is 6.61. The Morgan fingerprint density at radius 2 is 1.67 bits per heavy atom. The maximum Gasteiger partial charge on any atom is 0.120 e. The standard InChI is InChI=1S/C16H21NO/c1-12(2)16(14-8-5-4-6-9-14)17-13(3)15-10-7-11-18-15/h4-13,16-17H,1-3H3. The zero-order valence-corrected chi connectivity index (χ0v) is 11.3. The molecule has 0 aliphatic rings. The van der Waals surface area contributed by atoms with Crippen LogP contribution in [0.5, 0.6) is 0 Å². The van der Waals surface area contributed by atoms with E-state index >= 15 is 0 Å². The van der Waals surface area contributed by atoms with Crippen LogP contribution in [0, 0.1) is 5.92 Å². The van der Waals surface area contributed by atoms with E-state index in [1.54, 1.807) is 6.26 Å². The summed E-state index contributed by atoms with van der Waals surface area (Å²) < 4.78 is 5.45. The number of hydrogen-bond donors (Lipinski definition) is 1. The first-order valence-electron chi connectivity index (χ1n) is 6.53. The fourth-order valence-electron chi connectivity index (χ4n) is 2.22. The van der Waals surface area contributed by atoms with Crippen LogP contribution in [0.2, 0.25) is 0 Å². The number of hydrogen-bond acceptors (Lipinski definition) is 2. The molecule has 2 aromatic rings. The van der Waals surface area contributed by atoms with Gasteiger partial charge in [-0.1, -0.05) is 44.2 Å². The average molecular weight is 243 g/mol. The Morgan fingerprint density at radius 3 is 2.22 bits per heavy atom. The van der Waals surface area contributed by atoms with E-state index < -0.39 is 0 Å². The summed E-state index contributed by atoms with van der Waals surface area (Å²) in [5.41, 5.74) is 1.32. The lowest BCUT2D eigenvalue weighted by atomic mass is 9.95. The smallest absolute Gasteiger partial charge is 0.120 e. The molecule has 1 heterocycles. The van der Waals surface area contributed by atoms with Gasteiger partial charge < -0.3 is 9.73 Å². The van der Waals surface area contributed by atoms with Crippen LogP contribution in [0.3, 0.4) is 0 Å². The monoisotopic (exact) mass is 243 g/mol. The molecule has 0 radical (unpaired) electrons. The number of benzene rings is 1. The Balaban J connectivity index is 2.12. The number of furan rings is 1. The first kappa shape index (κ1) is 12.9. The van der Waals surface area contributed by atoms with Gasteiger partial charge in [-0.05, 0) is 30.5 Å². The van der Waals surface area contributed by atoms with Crippen molar-refractivity contribution in [1.29, 1.82) is 0 Å². The van der Waals surface area contributed by atoms with Gasteiger partial charge in [-0.25, -0.2) is 0 Å². The number of rotatable bonds is 5. The van der Waals surface area contributed by atoms with E-state index in [-0.39, 0.29) is 6.04 Å². The summed E-state index contributed by atoms with van der Waals surface area (Å²) in [5.74, 6) is 1.52. The van der Waals surface area contributed by atoms with Crippen molar-refractivity contribution >= 4 is 0 Å². The maximum atomic E-state index is 5.45. The average Bonchev–Trinajstić information content (AvgIpc) is 2.90. The number of nitrogens with one attached hydrogen (secondary N) is 1. The first-order valence-corrected chi connectivity index (χ1v) is 6.53. The summed E-state index contributed by atoms with van der Waals surface area (Å²) in [7, 11) is 0. The third kappa shape index (κ3) is 3.02. The Hall–Kier alpha value is -1.54. The lowest BCUT2D eigenvalue weighted by Gasteiger charge is -2.26. The van der Waals surface area contributed by atoms with Gasteiger partial charge >= 0.3 is 0 Å². The highest BCUT2D eigenvalue weighted by Gasteiger charge is 2.19. The Morgan fingerprint density at radius 1 is 0.944 bits per heavy atom. The van der Waals surface area contributed by atoms with Crippen LogP contribution in [0.15, 0.2) is 53.1 Å². The molecular formula is C16H21NO. The molecule has 0 fully saturated rings. The van der Waals surface area contributed by atoms with Crippen molar-refractivity contribution < 1.29 is 4.42 Å². The quantitative estimate of drug-likeness (QED) is 0.845. The molecule has 0 spiro atoms. The highest BCUT2D eigenvalue weighted by atomic mass is 16.3. The van der Waals surface area contributed by atoms with Gasteiger partial charge in [0.15, 0.2) is 0 Å². The van der Waals surface area contributed by atoms with Gasteiger partial charge in [-0.15, -0.1) is 0 Å². The Kier molecular flexibility index (Phi) is 4.21. The van der Waals surface area contributed by atoms with E-state index in [4.69, 9.17) is 4.42 Å². The van der Waals surface area contributed by atoms with E-state index in [2.05, 4.69) is 56.4 Å². The fraction of sp³-hybridized carbons (Fsp3) is 0.375. The topological polar surface area (TPSA) is 25.2 Å². The maximum absolute atomic E-state index is 5.45. The molecule has 0 bridgehead atoms. The van der Waals surface area contributed by atoms with Gasteiger partial charge in [-0.3, -0.25) is 0 Å². The molecule has 18 heavy (non-hydrogen) atoms. The van der Waals surface area contributed by atoms with Gasteiger partial charge in [0.25, 0.3) is 0 Å². The third-order valence-electron chi connectivity index (χ3n) is 3.22. The van der Waals surface area contributed by atoms with E-state index in [1.165, 1.54) is 5.56 Å². The first-order chi connectivity index (χ1) is 8.68. The summed E-state index contributed by atoms with van der Waals surface area (Å²) in [5, 5.41) is 3.64. The molecule has 2 heteroatoms. The molecule has 0 saturated heterocycles. The van der Waals surface area contributed by atoms with Gasteiger partial charge in [0.1, 0.15) is 5.76 Å². The minimum absolute atomic E-state index is 0.215. The van der Waals surface area contributed by atoms with Gasteiger partial charge in [0, 0.05) is 6.04 Å². The van der Waals surface area contributed by atoms with Crippen molar-refractivity contribution in [2.45, 2.75) is 32.9 Å². The highest BCUT2D eigenvalue weighted by Crippen LogP contribution is 2.25. The minimum Gasteiger partial charge on any atom is -0.468 e. The molecule has 1 N–H and O–H groups in total. The molecule has 0 aliphatic carbocycles. The van der Waals surface area contributed by atoms with Crippen molar-refractivity contribution in [1.82, 2.24) is 5.32 Å². The second-order valence-electron chi connectivity index (χ2n) is 5.04. The summed E-state index contributed by atoms with van der Waals surface area (Å²) in [6, 6.07) is 15.1. The van der Waals surface area contributed by atoms with Gasteiger partial charge in [0.05, 0.1) is 12.3 Å². The molecule has 1 aromatic carbocycles. The zero-order valence-electron chi connectivity index (χ0n) is 11.3. The minimum atomic E-state index is 0.215. The zero-order chi connectivity index (χ0) is 13.0. The summed E-state index contributed by atoms with van der Waals surface area (Å²) in [6.07, 6.45) is 1.72. The van der Waals surface area contributed by atoms with Crippen LogP contribution in [-0.4, -0.2) is 0 Å². The second kappa shape index (κ2) is 5.87. The molecule has 0 amide bonds. The van der Waals surface area contributed by atoms with Crippen LogP contribution in [0.1, 0.15) is 44.2 Å². The van der Waals surface area contributed by atoms with Crippen molar-refractivity contribution in [2.24, 2.45) is 5.92 Å². The molecular weight excluding hydrogens is 222 g/mol. The molecule has 96 valence electrons. The van der Waals surface area contributed by atoms with E-state index in [0.29, 0.717) is 12.0 Å². The second-order valence-corrected chi connectivity index (χ2v) is 5.04. The SMILES string of the molecule is CC(NC(c1ccccc1)C(C)C)c1ccco1. The van der Waals surface area contributed by atoms with Gasteiger partial charge in [-0.2, -0.15) is 0 Å². The van der Waals surface area contributed by atoms with Crippen molar-refractivity contribution in [3.8, 4) is 0 Å². The van der Waals surface area contributed by atoms with Crippen LogP contribution in [0.25, 0.3) is 0 Å². The molecule has 1 aromatic heterocycles. The van der Waals surface area contributed by atoms with E-state index in [9.17, 15) is 0 Å². The van der Waals surface area contributed by atoms with Gasteiger partial charge in [0.2, 0.25) is 0 Å². The fourth-order valence-corrected chi connectivity index (χ4v) is 2.22. The van der Waals surface area contributed by atoms with Crippen molar-refractivity contribution in [3.63, 3.8) is 0 Å². The van der Waals surface area contributed by atoms with Crippen LogP contribution >= 0.6 is 0 Å². The molecule has 2 unspecified atom stereocenters. The molecule has 2 atom stereocenters. The van der Waals surface area contributed by atoms with Crippen LogP contribution in [0.4, 0.5) is 0 Å².